The zero-order valence-corrected chi connectivity index (χ0v) is 15.0. The van der Waals surface area contributed by atoms with Gasteiger partial charge in [0.05, 0.1) is 31.0 Å². The lowest BCUT2D eigenvalue weighted by atomic mass is 9.89. The lowest BCUT2D eigenvalue weighted by Crippen LogP contribution is -2.25. The van der Waals surface area contributed by atoms with Crippen molar-refractivity contribution in [2.24, 2.45) is 5.92 Å². The summed E-state index contributed by atoms with van der Waals surface area (Å²) in [4.78, 5) is 35.7. The molecule has 1 aliphatic carbocycles. The number of rotatable bonds is 5. The summed E-state index contributed by atoms with van der Waals surface area (Å²) in [5.74, 6) is -0.700. The molecular formula is C19H24N2O5. The second kappa shape index (κ2) is 9.60. The van der Waals surface area contributed by atoms with Gasteiger partial charge in [-0.05, 0) is 37.0 Å². The summed E-state index contributed by atoms with van der Waals surface area (Å²) >= 11 is 0. The summed E-state index contributed by atoms with van der Waals surface area (Å²) in [6, 6.07) is 3.71. The Labute approximate surface area is 152 Å². The Kier molecular flexibility index (Phi) is 7.20. The minimum atomic E-state index is -0.616. The Bertz CT molecular complexity index is 693. The molecule has 0 bridgehead atoms. The maximum atomic E-state index is 12.1. The van der Waals surface area contributed by atoms with E-state index in [4.69, 9.17) is 4.74 Å². The van der Waals surface area contributed by atoms with Crippen LogP contribution in [0.2, 0.25) is 0 Å². The van der Waals surface area contributed by atoms with Crippen LogP contribution in [0.25, 0.3) is 0 Å². The first kappa shape index (κ1) is 19.5. The molecule has 0 saturated heterocycles. The number of hydrogen-bond donors (Lipinski definition) is 2. The fourth-order valence-electron chi connectivity index (χ4n) is 2.93. The average Bonchev–Trinajstić information content (AvgIpc) is 2.67. The van der Waals surface area contributed by atoms with Gasteiger partial charge in [-0.2, -0.15) is 0 Å². The van der Waals surface area contributed by atoms with E-state index in [1.807, 2.05) is 6.08 Å². The van der Waals surface area contributed by atoms with Crippen molar-refractivity contribution in [1.82, 2.24) is 5.32 Å². The number of carbonyl (C=O) groups excluding carboxylic acids is 3. The molecule has 0 spiro atoms. The van der Waals surface area contributed by atoms with Gasteiger partial charge in [-0.1, -0.05) is 25.3 Å². The zero-order chi connectivity index (χ0) is 18.9. The van der Waals surface area contributed by atoms with Crippen LogP contribution in [0, 0.1) is 5.92 Å². The van der Waals surface area contributed by atoms with Gasteiger partial charge in [0.1, 0.15) is 0 Å². The molecule has 7 nitrogen and oxygen atoms in total. The van der Waals surface area contributed by atoms with E-state index in [-0.39, 0.29) is 16.8 Å². The Hall–Kier alpha value is -2.83. The number of carbonyl (C=O) groups is 3. The van der Waals surface area contributed by atoms with Crippen molar-refractivity contribution in [1.29, 1.82) is 0 Å². The van der Waals surface area contributed by atoms with Crippen molar-refractivity contribution in [3.05, 3.63) is 41.6 Å². The maximum absolute atomic E-state index is 12.1. The Morgan fingerprint density at radius 1 is 1.04 bits per heavy atom. The molecule has 7 heteroatoms. The molecule has 1 aromatic rings. The SMILES string of the molecule is COC(=O)c1ccc(C(=O)OC)c(NC(=O)N/C=C/C2CCCCC2)c1. The van der Waals surface area contributed by atoms with E-state index in [1.165, 1.54) is 51.7 Å². The predicted octanol–water partition coefficient (Wildman–Crippen LogP) is 3.48. The summed E-state index contributed by atoms with van der Waals surface area (Å²) in [5, 5.41) is 5.20. The molecular weight excluding hydrogens is 336 g/mol. The van der Waals surface area contributed by atoms with Crippen LogP contribution in [-0.2, 0) is 9.47 Å². The van der Waals surface area contributed by atoms with E-state index in [0.29, 0.717) is 5.92 Å². The molecule has 2 rings (SSSR count). The lowest BCUT2D eigenvalue weighted by molar-refractivity contribution is 0.0587. The van der Waals surface area contributed by atoms with Crippen LogP contribution in [0.3, 0.4) is 0 Å². The van der Waals surface area contributed by atoms with Gasteiger partial charge in [0.2, 0.25) is 0 Å². The number of hydrogen-bond acceptors (Lipinski definition) is 5. The highest BCUT2D eigenvalue weighted by molar-refractivity contribution is 6.03. The van der Waals surface area contributed by atoms with Gasteiger partial charge in [0.25, 0.3) is 0 Å². The average molecular weight is 360 g/mol. The van der Waals surface area contributed by atoms with Crippen molar-refractivity contribution < 1.29 is 23.9 Å². The van der Waals surface area contributed by atoms with Gasteiger partial charge in [-0.3, -0.25) is 0 Å². The molecule has 0 atom stereocenters. The number of urea groups is 1. The topological polar surface area (TPSA) is 93.7 Å². The zero-order valence-electron chi connectivity index (χ0n) is 15.0. The predicted molar refractivity (Wildman–Crippen MR) is 97.0 cm³/mol. The fourth-order valence-corrected chi connectivity index (χ4v) is 2.93. The first-order valence-corrected chi connectivity index (χ1v) is 8.60. The van der Waals surface area contributed by atoms with Gasteiger partial charge in [-0.25, -0.2) is 14.4 Å². The fraction of sp³-hybridized carbons (Fsp3) is 0.421. The molecule has 0 unspecified atom stereocenters. The highest BCUT2D eigenvalue weighted by Gasteiger charge is 2.17. The molecule has 1 fully saturated rings. The number of nitrogens with one attached hydrogen (secondary N) is 2. The van der Waals surface area contributed by atoms with Crippen LogP contribution in [0.1, 0.15) is 52.8 Å². The van der Waals surface area contributed by atoms with Gasteiger partial charge in [0.15, 0.2) is 0 Å². The summed E-state index contributed by atoms with van der Waals surface area (Å²) in [5.41, 5.74) is 0.531. The van der Waals surface area contributed by atoms with E-state index in [2.05, 4.69) is 15.4 Å². The van der Waals surface area contributed by atoms with E-state index >= 15 is 0 Å². The van der Waals surface area contributed by atoms with Gasteiger partial charge < -0.3 is 20.1 Å². The van der Waals surface area contributed by atoms with Gasteiger partial charge >= 0.3 is 18.0 Å². The van der Waals surface area contributed by atoms with Crippen molar-refractivity contribution in [3.63, 3.8) is 0 Å². The first-order valence-electron chi connectivity index (χ1n) is 8.60. The number of allylic oxidation sites excluding steroid dienone is 1. The first-order chi connectivity index (χ1) is 12.5. The number of benzene rings is 1. The minimum absolute atomic E-state index is 0.145. The number of esters is 2. The Balaban J connectivity index is 2.07. The summed E-state index contributed by atoms with van der Waals surface area (Å²) < 4.78 is 9.37. The highest BCUT2D eigenvalue weighted by atomic mass is 16.5. The standard InChI is InChI=1S/C19H24N2O5/c1-25-17(22)14-8-9-15(18(23)26-2)16(12-14)21-19(24)20-11-10-13-6-4-3-5-7-13/h8-13H,3-7H2,1-2H3,(H2,20,21,24)/b11-10+. The highest BCUT2D eigenvalue weighted by Crippen LogP contribution is 2.24. The van der Waals surface area contributed by atoms with Crippen molar-refractivity contribution >= 4 is 23.7 Å². The Morgan fingerprint density at radius 2 is 1.73 bits per heavy atom. The number of anilines is 1. The summed E-state index contributed by atoms with van der Waals surface area (Å²) in [6.07, 6.45) is 9.57. The molecule has 2 amide bonds. The lowest BCUT2D eigenvalue weighted by Gasteiger charge is -2.17. The molecule has 0 radical (unpaired) electrons. The van der Waals surface area contributed by atoms with E-state index in [1.54, 1.807) is 6.20 Å². The number of ether oxygens (including phenoxy) is 2. The molecule has 26 heavy (non-hydrogen) atoms. The van der Waals surface area contributed by atoms with Gasteiger partial charge in [-0.15, -0.1) is 0 Å². The van der Waals surface area contributed by atoms with Crippen LogP contribution < -0.4 is 10.6 Å². The molecule has 1 saturated carbocycles. The normalized spacial score (nSPS) is 14.7. The second-order valence-electron chi connectivity index (χ2n) is 6.10. The van der Waals surface area contributed by atoms with Crippen LogP contribution in [0.4, 0.5) is 10.5 Å². The molecule has 0 heterocycles. The van der Waals surface area contributed by atoms with Crippen molar-refractivity contribution in [3.8, 4) is 0 Å². The van der Waals surface area contributed by atoms with E-state index in [0.717, 1.165) is 12.8 Å². The Morgan fingerprint density at radius 3 is 2.38 bits per heavy atom. The molecule has 1 aliphatic rings. The summed E-state index contributed by atoms with van der Waals surface area (Å²) in [6.45, 7) is 0. The third-order valence-corrected chi connectivity index (χ3v) is 4.33. The van der Waals surface area contributed by atoms with Gasteiger partial charge in [0, 0.05) is 6.20 Å². The third-order valence-electron chi connectivity index (χ3n) is 4.33. The van der Waals surface area contributed by atoms with Crippen LogP contribution in [0.15, 0.2) is 30.5 Å². The second-order valence-corrected chi connectivity index (χ2v) is 6.10. The van der Waals surface area contributed by atoms with Crippen molar-refractivity contribution in [2.45, 2.75) is 32.1 Å². The summed E-state index contributed by atoms with van der Waals surface area (Å²) in [7, 11) is 2.50. The molecule has 0 aliphatic heterocycles. The third kappa shape index (κ3) is 5.34. The molecule has 0 aromatic heterocycles. The maximum Gasteiger partial charge on any atom is 0.339 e. The quantitative estimate of drug-likeness (QED) is 0.784. The number of methoxy groups -OCH3 is 2. The van der Waals surface area contributed by atoms with Crippen LogP contribution in [0.5, 0.6) is 0 Å². The largest absolute Gasteiger partial charge is 0.465 e. The van der Waals surface area contributed by atoms with Crippen LogP contribution >= 0.6 is 0 Å². The van der Waals surface area contributed by atoms with Crippen LogP contribution in [-0.4, -0.2) is 32.2 Å². The molecule has 2 N–H and O–H groups in total. The monoisotopic (exact) mass is 360 g/mol. The number of amides is 2. The molecule has 140 valence electrons. The molecule has 1 aromatic carbocycles. The van der Waals surface area contributed by atoms with E-state index in [9.17, 15) is 14.4 Å². The van der Waals surface area contributed by atoms with Crippen molar-refractivity contribution in [2.75, 3.05) is 19.5 Å². The minimum Gasteiger partial charge on any atom is -0.465 e. The smallest absolute Gasteiger partial charge is 0.339 e. The van der Waals surface area contributed by atoms with E-state index < -0.39 is 18.0 Å².